The lowest BCUT2D eigenvalue weighted by Crippen LogP contribution is -2.32. The highest BCUT2D eigenvalue weighted by molar-refractivity contribution is 6.27. The molecule has 0 fully saturated rings. The molecule has 0 spiro atoms. The Morgan fingerprint density at radius 3 is 2.30 bits per heavy atom. The molecule has 0 aliphatic carbocycles. The minimum atomic E-state index is -5.16. The van der Waals surface area contributed by atoms with Gasteiger partial charge in [0.05, 0.1) is 34.9 Å². The van der Waals surface area contributed by atoms with Crippen molar-refractivity contribution in [3.63, 3.8) is 0 Å². The van der Waals surface area contributed by atoms with Crippen LogP contribution >= 0.6 is 0 Å². The van der Waals surface area contributed by atoms with Crippen LogP contribution in [0.3, 0.4) is 0 Å². The molecule has 0 atom stereocenters. The molecule has 5 N–H and O–H groups in total. The van der Waals surface area contributed by atoms with Crippen molar-refractivity contribution in [2.45, 2.75) is 12.4 Å². The number of nitrogen functional groups attached to an aromatic ring is 1. The van der Waals surface area contributed by atoms with Gasteiger partial charge in [-0.25, -0.2) is 9.98 Å². The lowest BCUT2D eigenvalue weighted by molar-refractivity contribution is -0.137. The molecule has 1 aromatic carbocycles. The first-order valence-corrected chi connectivity index (χ1v) is 8.96. The Morgan fingerprint density at radius 1 is 1.03 bits per heavy atom. The monoisotopic (exact) mass is 468 g/mol. The number of halogens is 6. The molecule has 0 saturated heterocycles. The molecule has 33 heavy (non-hydrogen) atoms. The maximum Gasteiger partial charge on any atom is 0.434 e. The highest BCUT2D eigenvalue weighted by Gasteiger charge is 2.41. The third-order valence-corrected chi connectivity index (χ3v) is 4.30. The van der Waals surface area contributed by atoms with Crippen LogP contribution in [0.5, 0.6) is 0 Å². The fraction of sp³-hybridized carbons (Fsp3) is 0.100. The van der Waals surface area contributed by atoms with Gasteiger partial charge in [-0.05, 0) is 6.07 Å². The number of carbonyl (C=O) groups excluding carboxylic acids is 1. The largest absolute Gasteiger partial charge is 0.434 e. The molecule has 3 aromatic rings. The standard InChI is InChI=1S/C20H14F6N6O/c21-19(22,23)10-5-11(8-29-7-10)31-18(33)14(6-27)16(20(24,25)26)32-15-9-30-17(28)13-4-2-1-3-12(13)15/h1-9H,27H2,(H2,28,30)(H,31,33). The summed E-state index contributed by atoms with van der Waals surface area (Å²) in [7, 11) is 0. The lowest BCUT2D eigenvalue weighted by Gasteiger charge is -2.15. The molecule has 2 heterocycles. The molecule has 0 aliphatic rings. The van der Waals surface area contributed by atoms with Gasteiger partial charge in [0.2, 0.25) is 0 Å². The third-order valence-electron chi connectivity index (χ3n) is 4.30. The van der Waals surface area contributed by atoms with Crippen molar-refractivity contribution in [2.75, 3.05) is 11.1 Å². The number of nitrogens with zero attached hydrogens (tertiary/aromatic N) is 3. The lowest BCUT2D eigenvalue weighted by atomic mass is 10.1. The molecular formula is C20H14F6N6O. The van der Waals surface area contributed by atoms with Crippen molar-refractivity contribution in [2.24, 2.45) is 10.7 Å². The average molecular weight is 468 g/mol. The van der Waals surface area contributed by atoms with Crippen molar-refractivity contribution in [3.05, 3.63) is 66.3 Å². The topological polar surface area (TPSA) is 119 Å². The minimum absolute atomic E-state index is 0.0579. The minimum Gasteiger partial charge on any atom is -0.404 e. The van der Waals surface area contributed by atoms with Crippen LogP contribution in [-0.2, 0) is 11.0 Å². The summed E-state index contributed by atoms with van der Waals surface area (Å²) < 4.78 is 80.0. The second kappa shape index (κ2) is 8.76. The molecule has 0 radical (unpaired) electrons. The molecule has 1 amide bonds. The first kappa shape index (κ1) is 23.5. The van der Waals surface area contributed by atoms with Gasteiger partial charge in [-0.3, -0.25) is 9.78 Å². The van der Waals surface area contributed by atoms with Gasteiger partial charge in [-0.2, -0.15) is 26.3 Å². The predicted octanol–water partition coefficient (Wildman–Crippen LogP) is 4.35. The van der Waals surface area contributed by atoms with Crippen LogP contribution in [0.2, 0.25) is 0 Å². The summed E-state index contributed by atoms with van der Waals surface area (Å²) in [4.78, 5) is 23.2. The van der Waals surface area contributed by atoms with E-state index in [0.717, 1.165) is 12.4 Å². The summed E-state index contributed by atoms with van der Waals surface area (Å²) in [5, 5.41) is 2.48. The van der Waals surface area contributed by atoms with Gasteiger partial charge < -0.3 is 16.8 Å². The summed E-state index contributed by atoms with van der Waals surface area (Å²) in [6.07, 6.45) is -7.25. The number of fused-ring (bicyclic) bond motifs is 1. The van der Waals surface area contributed by atoms with Crippen molar-refractivity contribution in [1.82, 2.24) is 9.97 Å². The zero-order valence-corrected chi connectivity index (χ0v) is 16.4. The molecule has 2 aromatic heterocycles. The number of amides is 1. The summed E-state index contributed by atoms with van der Waals surface area (Å²) in [6.45, 7) is 0. The zero-order chi connectivity index (χ0) is 24.4. The second-order valence-corrected chi connectivity index (χ2v) is 6.53. The molecular weight excluding hydrogens is 454 g/mol. The van der Waals surface area contributed by atoms with Gasteiger partial charge in [0.15, 0.2) is 5.71 Å². The number of nitrogens with one attached hydrogen (secondary N) is 1. The normalized spacial score (nSPS) is 13.3. The second-order valence-electron chi connectivity index (χ2n) is 6.53. The Hall–Kier alpha value is -4.16. The van der Waals surface area contributed by atoms with Gasteiger partial charge in [0, 0.05) is 23.2 Å². The van der Waals surface area contributed by atoms with E-state index in [9.17, 15) is 31.1 Å². The summed E-state index contributed by atoms with van der Waals surface area (Å²) in [5.74, 6) is -1.38. The van der Waals surface area contributed by atoms with Crippen LogP contribution < -0.4 is 16.8 Å². The molecule has 13 heteroatoms. The molecule has 0 saturated carbocycles. The number of aromatic nitrogens is 2. The summed E-state index contributed by atoms with van der Waals surface area (Å²) in [5.41, 5.74) is 6.27. The molecule has 172 valence electrons. The molecule has 3 rings (SSSR count). The van der Waals surface area contributed by atoms with E-state index in [-0.39, 0.29) is 16.9 Å². The van der Waals surface area contributed by atoms with E-state index in [2.05, 4.69) is 15.0 Å². The number of aliphatic imine (C=N–C) groups is 1. The van der Waals surface area contributed by atoms with E-state index < -0.39 is 40.8 Å². The van der Waals surface area contributed by atoms with Crippen molar-refractivity contribution >= 4 is 39.6 Å². The Morgan fingerprint density at radius 2 is 1.70 bits per heavy atom. The molecule has 0 aliphatic heterocycles. The van der Waals surface area contributed by atoms with Crippen LogP contribution in [0.15, 0.2) is 65.7 Å². The van der Waals surface area contributed by atoms with Gasteiger partial charge in [-0.15, -0.1) is 0 Å². The molecule has 0 bridgehead atoms. The van der Waals surface area contributed by atoms with Crippen LogP contribution in [0.4, 0.5) is 43.5 Å². The van der Waals surface area contributed by atoms with E-state index in [1.54, 1.807) is 12.1 Å². The molecule has 0 unspecified atom stereocenters. The number of hydrogen-bond acceptors (Lipinski definition) is 6. The Labute approximate surface area is 181 Å². The number of benzene rings is 1. The van der Waals surface area contributed by atoms with E-state index >= 15 is 0 Å². The number of alkyl halides is 6. The molecule has 7 nitrogen and oxygen atoms in total. The van der Waals surface area contributed by atoms with E-state index in [1.807, 2.05) is 5.32 Å². The summed E-state index contributed by atoms with van der Waals surface area (Å²) in [6, 6.07) is 6.64. The SMILES string of the molecule is NC=C(C(=O)Nc1cncc(C(F)(F)F)c1)C(=Nc1cnc(N)c2ccccc12)C(F)(F)F. The van der Waals surface area contributed by atoms with Crippen molar-refractivity contribution in [3.8, 4) is 0 Å². The fourth-order valence-corrected chi connectivity index (χ4v) is 2.81. The number of anilines is 2. The van der Waals surface area contributed by atoms with Crippen molar-refractivity contribution in [1.29, 1.82) is 0 Å². The Balaban J connectivity index is 2.04. The Bertz CT molecular complexity index is 1270. The highest BCUT2D eigenvalue weighted by atomic mass is 19.4. The van der Waals surface area contributed by atoms with Crippen LogP contribution in [0.1, 0.15) is 5.56 Å². The van der Waals surface area contributed by atoms with E-state index in [0.29, 0.717) is 23.8 Å². The van der Waals surface area contributed by atoms with Crippen molar-refractivity contribution < 1.29 is 31.1 Å². The number of hydrogen-bond donors (Lipinski definition) is 3. The van der Waals surface area contributed by atoms with Crippen LogP contribution in [0, 0.1) is 0 Å². The highest BCUT2D eigenvalue weighted by Crippen LogP contribution is 2.33. The quantitative estimate of drug-likeness (QED) is 0.299. The fourth-order valence-electron chi connectivity index (χ4n) is 2.81. The first-order valence-electron chi connectivity index (χ1n) is 8.96. The zero-order valence-electron chi connectivity index (χ0n) is 16.4. The van der Waals surface area contributed by atoms with Gasteiger partial charge in [-0.1, -0.05) is 24.3 Å². The van der Waals surface area contributed by atoms with Crippen LogP contribution in [0.25, 0.3) is 10.8 Å². The summed E-state index contributed by atoms with van der Waals surface area (Å²) >= 11 is 0. The first-order chi connectivity index (χ1) is 15.4. The maximum atomic E-state index is 13.8. The smallest absolute Gasteiger partial charge is 0.404 e. The third kappa shape index (κ3) is 5.19. The van der Waals surface area contributed by atoms with E-state index in [4.69, 9.17) is 11.5 Å². The van der Waals surface area contributed by atoms with Gasteiger partial charge in [0.25, 0.3) is 5.91 Å². The maximum absolute atomic E-state index is 13.8. The van der Waals surface area contributed by atoms with E-state index in [1.165, 1.54) is 12.1 Å². The number of pyridine rings is 2. The van der Waals surface area contributed by atoms with Crippen LogP contribution in [-0.4, -0.2) is 27.8 Å². The van der Waals surface area contributed by atoms with Gasteiger partial charge in [0.1, 0.15) is 5.82 Å². The number of nitrogens with two attached hydrogens (primary N) is 2. The number of carbonyl (C=O) groups is 1. The average Bonchev–Trinajstić information content (AvgIpc) is 2.74. The number of rotatable bonds is 4. The van der Waals surface area contributed by atoms with Gasteiger partial charge >= 0.3 is 12.4 Å². The predicted molar refractivity (Wildman–Crippen MR) is 109 cm³/mol. The Kier molecular flexibility index (Phi) is 6.24.